The van der Waals surface area contributed by atoms with Crippen LogP contribution >= 0.6 is 15.9 Å². The topological polar surface area (TPSA) is 12.0 Å². The molecule has 0 spiro atoms. The van der Waals surface area contributed by atoms with Gasteiger partial charge in [0.25, 0.3) is 0 Å². The van der Waals surface area contributed by atoms with Crippen LogP contribution in [0.2, 0.25) is 0 Å². The Labute approximate surface area is 121 Å². The molecule has 0 unspecified atom stereocenters. The quantitative estimate of drug-likeness (QED) is 0.865. The summed E-state index contributed by atoms with van der Waals surface area (Å²) < 4.78 is 13.8. The zero-order valence-electron chi connectivity index (χ0n) is 10.5. The molecule has 1 aliphatic rings. The van der Waals surface area contributed by atoms with Crippen molar-refractivity contribution in [1.29, 1.82) is 0 Å². The lowest BCUT2D eigenvalue weighted by atomic mass is 10.1. The predicted octanol–water partition coefficient (Wildman–Crippen LogP) is 4.69. The van der Waals surface area contributed by atoms with Gasteiger partial charge in [0.1, 0.15) is 5.82 Å². The van der Waals surface area contributed by atoms with Gasteiger partial charge in [-0.1, -0.05) is 18.2 Å². The molecule has 2 aromatic carbocycles. The molecule has 0 atom stereocenters. The Hall–Kier alpha value is -1.35. The highest BCUT2D eigenvalue weighted by atomic mass is 79.9. The van der Waals surface area contributed by atoms with Gasteiger partial charge in [-0.25, -0.2) is 4.39 Å². The molecule has 1 nitrogen and oxygen atoms in total. The lowest BCUT2D eigenvalue weighted by Crippen LogP contribution is -2.01. The van der Waals surface area contributed by atoms with E-state index in [4.69, 9.17) is 0 Å². The van der Waals surface area contributed by atoms with Crippen LogP contribution in [0.5, 0.6) is 0 Å². The normalized spacial score (nSPS) is 13.4. The third kappa shape index (κ3) is 2.81. The molecule has 19 heavy (non-hydrogen) atoms. The first-order valence-electron chi connectivity index (χ1n) is 6.52. The van der Waals surface area contributed by atoms with Crippen molar-refractivity contribution < 1.29 is 4.39 Å². The van der Waals surface area contributed by atoms with Crippen molar-refractivity contribution in [2.75, 3.05) is 5.32 Å². The van der Waals surface area contributed by atoms with Crippen LogP contribution < -0.4 is 5.32 Å². The molecular formula is C16H15BrFN. The van der Waals surface area contributed by atoms with Crippen molar-refractivity contribution in [2.24, 2.45) is 0 Å². The van der Waals surface area contributed by atoms with E-state index in [0.29, 0.717) is 0 Å². The molecular weight excluding hydrogens is 305 g/mol. The maximum atomic E-state index is 13.0. The number of benzene rings is 2. The largest absolute Gasteiger partial charge is 0.380 e. The second kappa shape index (κ2) is 5.33. The van der Waals surface area contributed by atoms with Crippen LogP contribution in [0.15, 0.2) is 40.9 Å². The Bertz CT molecular complexity index is 610. The minimum absolute atomic E-state index is 0.227. The van der Waals surface area contributed by atoms with Gasteiger partial charge in [0.15, 0.2) is 0 Å². The standard InChI is InChI=1S/C16H15BrFN/c17-15-9-14(18)6-7-16(15)19-10-11-4-5-12-2-1-3-13(12)8-11/h4-9,19H,1-3,10H2. The lowest BCUT2D eigenvalue weighted by molar-refractivity contribution is 0.627. The molecule has 0 radical (unpaired) electrons. The van der Waals surface area contributed by atoms with E-state index in [0.717, 1.165) is 16.7 Å². The first-order chi connectivity index (χ1) is 9.22. The fourth-order valence-corrected chi connectivity index (χ4v) is 3.06. The SMILES string of the molecule is Fc1ccc(NCc2ccc3c(c2)CCC3)c(Br)c1. The van der Waals surface area contributed by atoms with Crippen LogP contribution in [0, 0.1) is 5.82 Å². The van der Waals surface area contributed by atoms with Gasteiger partial charge >= 0.3 is 0 Å². The van der Waals surface area contributed by atoms with Gasteiger partial charge in [0.05, 0.1) is 0 Å². The van der Waals surface area contributed by atoms with E-state index in [1.807, 2.05) is 0 Å². The molecule has 0 heterocycles. The average molecular weight is 320 g/mol. The second-order valence-corrected chi connectivity index (χ2v) is 5.79. The van der Waals surface area contributed by atoms with E-state index in [1.54, 1.807) is 6.07 Å². The summed E-state index contributed by atoms with van der Waals surface area (Å²) in [7, 11) is 0. The fraction of sp³-hybridized carbons (Fsp3) is 0.250. The van der Waals surface area contributed by atoms with E-state index in [1.165, 1.54) is 48.1 Å². The monoisotopic (exact) mass is 319 g/mol. The summed E-state index contributed by atoms with van der Waals surface area (Å²) in [6.45, 7) is 0.761. The van der Waals surface area contributed by atoms with Gasteiger partial charge < -0.3 is 5.32 Å². The number of fused-ring (bicyclic) bond motifs is 1. The molecule has 3 rings (SSSR count). The highest BCUT2D eigenvalue weighted by Crippen LogP contribution is 2.25. The fourth-order valence-electron chi connectivity index (χ4n) is 2.57. The molecule has 0 aliphatic heterocycles. The number of rotatable bonds is 3. The van der Waals surface area contributed by atoms with E-state index in [-0.39, 0.29) is 5.82 Å². The molecule has 0 aromatic heterocycles. The molecule has 0 bridgehead atoms. The van der Waals surface area contributed by atoms with Crippen LogP contribution in [0.3, 0.4) is 0 Å². The predicted molar refractivity (Wildman–Crippen MR) is 79.9 cm³/mol. The summed E-state index contributed by atoms with van der Waals surface area (Å²) in [6.07, 6.45) is 3.69. The number of anilines is 1. The highest BCUT2D eigenvalue weighted by Gasteiger charge is 2.10. The van der Waals surface area contributed by atoms with Crippen molar-refractivity contribution >= 4 is 21.6 Å². The Kier molecular flexibility index (Phi) is 3.56. The Morgan fingerprint density at radius 1 is 1.05 bits per heavy atom. The summed E-state index contributed by atoms with van der Waals surface area (Å²) in [5.74, 6) is -0.227. The van der Waals surface area contributed by atoms with E-state index < -0.39 is 0 Å². The van der Waals surface area contributed by atoms with Crippen LogP contribution in [0.25, 0.3) is 0 Å². The van der Waals surface area contributed by atoms with Crippen molar-refractivity contribution in [1.82, 2.24) is 0 Å². The van der Waals surface area contributed by atoms with Crippen LogP contribution in [-0.4, -0.2) is 0 Å². The molecule has 0 saturated carbocycles. The van der Waals surface area contributed by atoms with Gasteiger partial charge in [-0.2, -0.15) is 0 Å². The summed E-state index contributed by atoms with van der Waals surface area (Å²) in [5, 5.41) is 3.33. The number of hydrogen-bond acceptors (Lipinski definition) is 1. The second-order valence-electron chi connectivity index (χ2n) is 4.93. The number of hydrogen-bond donors (Lipinski definition) is 1. The zero-order valence-corrected chi connectivity index (χ0v) is 12.1. The van der Waals surface area contributed by atoms with E-state index >= 15 is 0 Å². The molecule has 1 N–H and O–H groups in total. The number of halogens is 2. The Morgan fingerprint density at radius 3 is 2.74 bits per heavy atom. The summed E-state index contributed by atoms with van der Waals surface area (Å²) in [4.78, 5) is 0. The Morgan fingerprint density at radius 2 is 1.89 bits per heavy atom. The number of aryl methyl sites for hydroxylation is 2. The summed E-state index contributed by atoms with van der Waals surface area (Å²) in [5.41, 5.74) is 5.17. The average Bonchev–Trinajstić information content (AvgIpc) is 2.85. The maximum Gasteiger partial charge on any atom is 0.124 e. The first kappa shape index (κ1) is 12.7. The summed E-state index contributed by atoms with van der Waals surface area (Å²) >= 11 is 3.37. The van der Waals surface area contributed by atoms with Crippen LogP contribution in [0.4, 0.5) is 10.1 Å². The molecule has 0 fully saturated rings. The van der Waals surface area contributed by atoms with Gasteiger partial charge in [-0.05, 0) is 70.1 Å². The van der Waals surface area contributed by atoms with Crippen molar-refractivity contribution in [2.45, 2.75) is 25.8 Å². The molecule has 1 aliphatic carbocycles. The van der Waals surface area contributed by atoms with Gasteiger partial charge in [-0.3, -0.25) is 0 Å². The first-order valence-corrected chi connectivity index (χ1v) is 7.31. The molecule has 0 saturated heterocycles. The van der Waals surface area contributed by atoms with Gasteiger partial charge in [-0.15, -0.1) is 0 Å². The van der Waals surface area contributed by atoms with Crippen molar-refractivity contribution in [3.05, 3.63) is 63.4 Å². The molecule has 98 valence electrons. The summed E-state index contributed by atoms with van der Waals surface area (Å²) in [6, 6.07) is 11.4. The third-order valence-electron chi connectivity index (χ3n) is 3.58. The molecule has 3 heteroatoms. The zero-order chi connectivity index (χ0) is 13.2. The lowest BCUT2D eigenvalue weighted by Gasteiger charge is -2.10. The van der Waals surface area contributed by atoms with Gasteiger partial charge in [0.2, 0.25) is 0 Å². The molecule has 2 aromatic rings. The van der Waals surface area contributed by atoms with Crippen LogP contribution in [0.1, 0.15) is 23.1 Å². The molecule has 0 amide bonds. The minimum Gasteiger partial charge on any atom is -0.380 e. The smallest absolute Gasteiger partial charge is 0.124 e. The van der Waals surface area contributed by atoms with Crippen molar-refractivity contribution in [3.63, 3.8) is 0 Å². The van der Waals surface area contributed by atoms with Crippen molar-refractivity contribution in [3.8, 4) is 0 Å². The third-order valence-corrected chi connectivity index (χ3v) is 4.23. The van der Waals surface area contributed by atoms with E-state index in [9.17, 15) is 4.39 Å². The van der Waals surface area contributed by atoms with Crippen LogP contribution in [-0.2, 0) is 19.4 Å². The minimum atomic E-state index is -0.227. The highest BCUT2D eigenvalue weighted by molar-refractivity contribution is 9.10. The number of nitrogens with one attached hydrogen (secondary N) is 1. The van der Waals surface area contributed by atoms with E-state index in [2.05, 4.69) is 39.4 Å². The van der Waals surface area contributed by atoms with Gasteiger partial charge in [0, 0.05) is 16.7 Å². The Balaban J connectivity index is 1.72. The maximum absolute atomic E-state index is 13.0.